The average molecular weight is 321 g/mol. The maximum absolute atomic E-state index is 12.1. The molecular weight excluding hydrogens is 306 g/mol. The Kier molecular flexibility index (Phi) is 4.63. The molecule has 5 nitrogen and oxygen atoms in total. The van der Waals surface area contributed by atoms with Crippen molar-refractivity contribution in [1.82, 2.24) is 4.31 Å². The second kappa shape index (κ2) is 6.26. The first-order chi connectivity index (χ1) is 9.93. The van der Waals surface area contributed by atoms with Crippen molar-refractivity contribution in [2.45, 2.75) is 11.4 Å². The topological polar surface area (TPSA) is 73.2 Å². The van der Waals surface area contributed by atoms with E-state index in [0.29, 0.717) is 11.4 Å². The van der Waals surface area contributed by atoms with Gasteiger partial charge in [-0.15, -0.1) is 11.3 Å². The first-order valence-corrected chi connectivity index (χ1v) is 8.44. The van der Waals surface area contributed by atoms with Crippen LogP contribution in [0.1, 0.15) is 9.75 Å². The van der Waals surface area contributed by atoms with E-state index in [9.17, 15) is 8.42 Å². The fourth-order valence-electron chi connectivity index (χ4n) is 1.70. The Labute approximate surface area is 128 Å². The zero-order valence-corrected chi connectivity index (χ0v) is 13.3. The van der Waals surface area contributed by atoms with E-state index in [1.165, 1.54) is 29.7 Å². The number of hydrogen-bond donors (Lipinski definition) is 1. The van der Waals surface area contributed by atoms with E-state index in [2.05, 4.69) is 11.4 Å². The summed E-state index contributed by atoms with van der Waals surface area (Å²) in [5.74, 6) is 0. The number of thiophene rings is 1. The Balaban J connectivity index is 2.13. The lowest BCUT2D eigenvalue weighted by Gasteiger charge is -2.12. The van der Waals surface area contributed by atoms with Crippen LogP contribution in [0.25, 0.3) is 0 Å². The number of benzene rings is 1. The van der Waals surface area contributed by atoms with E-state index in [4.69, 9.17) is 5.26 Å². The molecule has 21 heavy (non-hydrogen) atoms. The first-order valence-electron chi connectivity index (χ1n) is 6.19. The zero-order valence-electron chi connectivity index (χ0n) is 11.7. The van der Waals surface area contributed by atoms with Crippen LogP contribution in [0.2, 0.25) is 0 Å². The third-order valence-electron chi connectivity index (χ3n) is 2.85. The summed E-state index contributed by atoms with van der Waals surface area (Å²) in [5.41, 5.74) is 0.727. The molecule has 0 aliphatic carbocycles. The standard InChI is InChI=1S/C14H15N3O2S2/c1-17(2)21(18,19)14-5-3-4-11(8-14)16-10-13-7-6-12(9-15)20-13/h3-8,16H,10H2,1-2H3. The van der Waals surface area contributed by atoms with Crippen molar-refractivity contribution >= 4 is 27.0 Å². The van der Waals surface area contributed by atoms with Crippen molar-refractivity contribution in [2.75, 3.05) is 19.4 Å². The molecule has 0 unspecified atom stereocenters. The molecule has 1 heterocycles. The molecule has 2 rings (SSSR count). The summed E-state index contributed by atoms with van der Waals surface area (Å²) >= 11 is 1.42. The number of nitrogens with zero attached hydrogens (tertiary/aromatic N) is 2. The smallest absolute Gasteiger partial charge is 0.242 e. The molecule has 0 atom stereocenters. The van der Waals surface area contributed by atoms with Crippen LogP contribution in [0.5, 0.6) is 0 Å². The van der Waals surface area contributed by atoms with Gasteiger partial charge in [0.2, 0.25) is 10.0 Å². The number of hydrogen-bond acceptors (Lipinski definition) is 5. The van der Waals surface area contributed by atoms with Crippen molar-refractivity contribution < 1.29 is 8.42 Å². The second-order valence-corrected chi connectivity index (χ2v) is 7.87. The SMILES string of the molecule is CN(C)S(=O)(=O)c1cccc(NCc2ccc(C#N)s2)c1. The largest absolute Gasteiger partial charge is 0.380 e. The summed E-state index contributed by atoms with van der Waals surface area (Å²) in [6, 6.07) is 12.4. The van der Waals surface area contributed by atoms with E-state index in [1.807, 2.05) is 12.1 Å². The normalized spacial score (nSPS) is 11.3. The number of anilines is 1. The molecule has 1 aromatic carbocycles. The van der Waals surface area contributed by atoms with Crippen LogP contribution >= 0.6 is 11.3 Å². The fraction of sp³-hybridized carbons (Fsp3) is 0.214. The van der Waals surface area contributed by atoms with Gasteiger partial charge in [-0.2, -0.15) is 5.26 Å². The Morgan fingerprint density at radius 2 is 2.05 bits per heavy atom. The van der Waals surface area contributed by atoms with Gasteiger partial charge in [0.1, 0.15) is 10.9 Å². The molecule has 0 saturated carbocycles. The predicted octanol–water partition coefficient (Wildman–Crippen LogP) is 2.48. The van der Waals surface area contributed by atoms with Crippen molar-refractivity contribution in [3.63, 3.8) is 0 Å². The third kappa shape index (κ3) is 3.61. The predicted molar refractivity (Wildman–Crippen MR) is 83.7 cm³/mol. The number of nitrogens with one attached hydrogen (secondary N) is 1. The molecule has 110 valence electrons. The minimum atomic E-state index is -3.43. The van der Waals surface area contributed by atoms with Crippen LogP contribution in [0.15, 0.2) is 41.3 Å². The molecule has 0 aliphatic heterocycles. The van der Waals surface area contributed by atoms with Crippen LogP contribution in [0.3, 0.4) is 0 Å². The monoisotopic (exact) mass is 321 g/mol. The van der Waals surface area contributed by atoms with Crippen molar-refractivity contribution in [1.29, 1.82) is 5.26 Å². The van der Waals surface area contributed by atoms with Gasteiger partial charge in [-0.05, 0) is 30.3 Å². The summed E-state index contributed by atoms with van der Waals surface area (Å²) in [4.78, 5) is 1.93. The van der Waals surface area contributed by atoms with Crippen LogP contribution in [0.4, 0.5) is 5.69 Å². The van der Waals surface area contributed by atoms with Crippen molar-refractivity contribution in [3.8, 4) is 6.07 Å². The highest BCUT2D eigenvalue weighted by Gasteiger charge is 2.17. The fourth-order valence-corrected chi connectivity index (χ4v) is 3.39. The Morgan fingerprint density at radius 3 is 2.67 bits per heavy atom. The van der Waals surface area contributed by atoms with Gasteiger partial charge >= 0.3 is 0 Å². The molecular formula is C14H15N3O2S2. The Hall–Kier alpha value is -1.88. The van der Waals surface area contributed by atoms with Gasteiger partial charge in [0.05, 0.1) is 4.90 Å². The number of nitriles is 1. The van der Waals surface area contributed by atoms with E-state index < -0.39 is 10.0 Å². The maximum Gasteiger partial charge on any atom is 0.242 e. The van der Waals surface area contributed by atoms with Gasteiger partial charge in [0, 0.05) is 31.2 Å². The van der Waals surface area contributed by atoms with E-state index in [0.717, 1.165) is 10.6 Å². The van der Waals surface area contributed by atoms with Gasteiger partial charge in [0.25, 0.3) is 0 Å². The van der Waals surface area contributed by atoms with Crippen LogP contribution in [-0.4, -0.2) is 26.8 Å². The first kappa shape index (κ1) is 15.5. The van der Waals surface area contributed by atoms with Crippen LogP contribution in [0, 0.1) is 11.3 Å². The molecule has 2 aromatic rings. The minimum Gasteiger partial charge on any atom is -0.380 e. The highest BCUT2D eigenvalue weighted by molar-refractivity contribution is 7.89. The quantitative estimate of drug-likeness (QED) is 0.918. The summed E-state index contributed by atoms with van der Waals surface area (Å²) in [5, 5.41) is 12.0. The molecule has 0 spiro atoms. The lowest BCUT2D eigenvalue weighted by atomic mass is 10.3. The van der Waals surface area contributed by atoms with Gasteiger partial charge in [0.15, 0.2) is 0 Å². The van der Waals surface area contributed by atoms with E-state index in [-0.39, 0.29) is 4.90 Å². The molecule has 0 amide bonds. The zero-order chi connectivity index (χ0) is 15.5. The van der Waals surface area contributed by atoms with E-state index >= 15 is 0 Å². The summed E-state index contributed by atoms with van der Waals surface area (Å²) in [7, 11) is -0.420. The molecule has 1 N–H and O–H groups in total. The molecule has 0 radical (unpaired) electrons. The second-order valence-electron chi connectivity index (χ2n) is 4.55. The highest BCUT2D eigenvalue weighted by Crippen LogP contribution is 2.20. The Bertz CT molecular complexity index is 774. The highest BCUT2D eigenvalue weighted by atomic mass is 32.2. The average Bonchev–Trinajstić information content (AvgIpc) is 2.93. The van der Waals surface area contributed by atoms with Crippen LogP contribution in [-0.2, 0) is 16.6 Å². The molecule has 0 fully saturated rings. The van der Waals surface area contributed by atoms with Crippen molar-refractivity contribution in [3.05, 3.63) is 46.2 Å². The molecule has 0 saturated heterocycles. The lowest BCUT2D eigenvalue weighted by molar-refractivity contribution is 0.521. The molecule has 0 bridgehead atoms. The summed E-state index contributed by atoms with van der Waals surface area (Å²) in [6.07, 6.45) is 0. The van der Waals surface area contributed by atoms with E-state index in [1.54, 1.807) is 24.3 Å². The third-order valence-corrected chi connectivity index (χ3v) is 5.65. The number of sulfonamides is 1. The van der Waals surface area contributed by atoms with Crippen LogP contribution < -0.4 is 5.32 Å². The van der Waals surface area contributed by atoms with Gasteiger partial charge in [-0.3, -0.25) is 0 Å². The van der Waals surface area contributed by atoms with Gasteiger partial charge < -0.3 is 5.32 Å². The van der Waals surface area contributed by atoms with Gasteiger partial charge in [-0.1, -0.05) is 6.07 Å². The maximum atomic E-state index is 12.1. The molecule has 0 aliphatic rings. The summed E-state index contributed by atoms with van der Waals surface area (Å²) in [6.45, 7) is 0.553. The van der Waals surface area contributed by atoms with Gasteiger partial charge in [-0.25, -0.2) is 12.7 Å². The molecule has 1 aromatic heterocycles. The molecule has 7 heteroatoms. The number of rotatable bonds is 5. The lowest BCUT2D eigenvalue weighted by Crippen LogP contribution is -2.22. The van der Waals surface area contributed by atoms with Crippen molar-refractivity contribution in [2.24, 2.45) is 0 Å². The minimum absolute atomic E-state index is 0.251. The summed E-state index contributed by atoms with van der Waals surface area (Å²) < 4.78 is 25.3. The Morgan fingerprint density at radius 1 is 1.29 bits per heavy atom.